The number of nitrogens with zero attached hydrogens (tertiary/aromatic N) is 1. The molecule has 1 saturated heterocycles. The Balaban J connectivity index is 2.04. The maximum absolute atomic E-state index is 13.0. The number of phenols is 1. The van der Waals surface area contributed by atoms with Gasteiger partial charge in [-0.15, -0.1) is 0 Å². The summed E-state index contributed by atoms with van der Waals surface area (Å²) in [5.74, 6) is 1.03. The van der Waals surface area contributed by atoms with Crippen LogP contribution in [0.15, 0.2) is 45.6 Å². The molecule has 2 atom stereocenters. The van der Waals surface area contributed by atoms with Crippen molar-refractivity contribution in [3.8, 4) is 28.6 Å². The minimum absolute atomic E-state index is 0.0386. The second-order valence-electron chi connectivity index (χ2n) is 7.52. The van der Waals surface area contributed by atoms with Gasteiger partial charge in [0.15, 0.2) is 5.43 Å². The van der Waals surface area contributed by atoms with Crippen molar-refractivity contribution in [1.29, 1.82) is 0 Å². The minimum atomic E-state index is -0.356. The van der Waals surface area contributed by atoms with Crippen LogP contribution in [-0.4, -0.2) is 55.6 Å². The summed E-state index contributed by atoms with van der Waals surface area (Å²) < 4.78 is 17.2. The molecular formula is C23H25NO6. The molecule has 2 aromatic carbocycles. The average Bonchev–Trinajstić information content (AvgIpc) is 3.12. The number of ether oxygens (including phenoxy) is 2. The van der Waals surface area contributed by atoms with Gasteiger partial charge < -0.3 is 29.0 Å². The molecule has 2 heterocycles. The van der Waals surface area contributed by atoms with Crippen molar-refractivity contribution in [1.82, 2.24) is 4.90 Å². The van der Waals surface area contributed by atoms with Crippen LogP contribution in [0, 0.1) is 0 Å². The molecule has 0 amide bonds. The van der Waals surface area contributed by atoms with Crippen LogP contribution >= 0.6 is 0 Å². The van der Waals surface area contributed by atoms with Gasteiger partial charge in [-0.2, -0.15) is 0 Å². The molecule has 2 unspecified atom stereocenters. The lowest BCUT2D eigenvalue weighted by atomic mass is 9.89. The number of benzene rings is 2. The first kappa shape index (κ1) is 20.3. The van der Waals surface area contributed by atoms with Crippen LogP contribution in [0.25, 0.3) is 22.3 Å². The van der Waals surface area contributed by atoms with E-state index < -0.39 is 0 Å². The minimum Gasteiger partial charge on any atom is -0.507 e. The van der Waals surface area contributed by atoms with Gasteiger partial charge in [0.25, 0.3) is 0 Å². The van der Waals surface area contributed by atoms with Crippen LogP contribution in [0.4, 0.5) is 0 Å². The third-order valence-corrected chi connectivity index (χ3v) is 5.96. The van der Waals surface area contributed by atoms with E-state index in [9.17, 15) is 15.0 Å². The second-order valence-corrected chi connectivity index (χ2v) is 7.52. The summed E-state index contributed by atoms with van der Waals surface area (Å²) in [5.41, 5.74) is 1.24. The zero-order valence-corrected chi connectivity index (χ0v) is 17.2. The van der Waals surface area contributed by atoms with Crippen molar-refractivity contribution in [2.24, 2.45) is 0 Å². The zero-order chi connectivity index (χ0) is 21.4. The molecule has 158 valence electrons. The van der Waals surface area contributed by atoms with Crippen LogP contribution in [0.3, 0.4) is 0 Å². The summed E-state index contributed by atoms with van der Waals surface area (Å²) in [4.78, 5) is 15.1. The highest BCUT2D eigenvalue weighted by molar-refractivity contribution is 5.90. The summed E-state index contributed by atoms with van der Waals surface area (Å²) in [6, 6.07) is 9.93. The van der Waals surface area contributed by atoms with Crippen molar-refractivity contribution in [3.63, 3.8) is 0 Å². The highest BCUT2D eigenvalue weighted by atomic mass is 16.5. The normalized spacial score (nSPS) is 19.3. The van der Waals surface area contributed by atoms with E-state index in [1.54, 1.807) is 13.2 Å². The van der Waals surface area contributed by atoms with Gasteiger partial charge in [0.1, 0.15) is 34.0 Å². The molecule has 0 aliphatic carbocycles. The number of fused-ring (bicyclic) bond motifs is 1. The highest BCUT2D eigenvalue weighted by Crippen LogP contribution is 2.45. The fourth-order valence-electron chi connectivity index (χ4n) is 4.42. The summed E-state index contributed by atoms with van der Waals surface area (Å²) in [6.07, 6.45) is 0.764. The van der Waals surface area contributed by atoms with E-state index in [1.165, 1.54) is 19.2 Å². The number of likely N-dealkylation sites (tertiary alicyclic amines) is 1. The molecule has 7 heteroatoms. The Kier molecular flexibility index (Phi) is 5.40. The average molecular weight is 411 g/mol. The standard InChI is InChI=1S/C23H25NO6/c1-24-9-8-13(15(24)12-25)21-20(29-3)11-17(27)22-16(26)10-19(30-23(21)22)14-6-4-5-7-18(14)28-2/h4-7,10-11,13,15,25,27H,8-9,12H2,1-3H3. The number of phenolic OH excluding ortho intramolecular Hbond substituents is 1. The fourth-order valence-corrected chi connectivity index (χ4v) is 4.42. The van der Waals surface area contributed by atoms with Gasteiger partial charge in [-0.3, -0.25) is 4.79 Å². The van der Waals surface area contributed by atoms with Crippen LogP contribution in [-0.2, 0) is 0 Å². The number of para-hydroxylation sites is 1. The number of likely N-dealkylation sites (N-methyl/N-ethyl adjacent to an activating group) is 1. The predicted molar refractivity (Wildman–Crippen MR) is 114 cm³/mol. The smallest absolute Gasteiger partial charge is 0.197 e. The van der Waals surface area contributed by atoms with Gasteiger partial charge in [0, 0.05) is 29.7 Å². The third-order valence-electron chi connectivity index (χ3n) is 5.96. The second kappa shape index (κ2) is 8.01. The molecule has 30 heavy (non-hydrogen) atoms. The predicted octanol–water partition coefficient (Wildman–Crippen LogP) is 2.96. The van der Waals surface area contributed by atoms with Crippen LogP contribution < -0.4 is 14.9 Å². The number of hydrogen-bond donors (Lipinski definition) is 2. The van der Waals surface area contributed by atoms with Crippen LogP contribution in [0.2, 0.25) is 0 Å². The van der Waals surface area contributed by atoms with Gasteiger partial charge >= 0.3 is 0 Å². The zero-order valence-electron chi connectivity index (χ0n) is 17.2. The molecule has 0 spiro atoms. The summed E-state index contributed by atoms with van der Waals surface area (Å²) in [5, 5.41) is 20.6. The van der Waals surface area contributed by atoms with Gasteiger partial charge in [-0.05, 0) is 32.1 Å². The molecule has 7 nitrogen and oxygen atoms in total. The number of hydrogen-bond acceptors (Lipinski definition) is 7. The molecule has 0 bridgehead atoms. The first-order chi connectivity index (χ1) is 14.5. The van der Waals surface area contributed by atoms with E-state index in [2.05, 4.69) is 4.90 Å². The number of aliphatic hydroxyl groups is 1. The molecule has 4 rings (SSSR count). The first-order valence-corrected chi connectivity index (χ1v) is 9.82. The van der Waals surface area contributed by atoms with E-state index in [0.29, 0.717) is 28.4 Å². The quantitative estimate of drug-likeness (QED) is 0.667. The van der Waals surface area contributed by atoms with E-state index in [1.807, 2.05) is 25.2 Å². The van der Waals surface area contributed by atoms with Crippen LogP contribution in [0.5, 0.6) is 17.2 Å². The number of aromatic hydroxyl groups is 1. The van der Waals surface area contributed by atoms with E-state index >= 15 is 0 Å². The maximum Gasteiger partial charge on any atom is 0.197 e. The SMILES string of the molecule is COc1ccccc1-c1cc(=O)c2c(O)cc(OC)c(C3CCN(C)C3CO)c2o1. The van der Waals surface area contributed by atoms with E-state index in [4.69, 9.17) is 13.9 Å². The van der Waals surface area contributed by atoms with Gasteiger partial charge in [-0.1, -0.05) is 12.1 Å². The number of methoxy groups -OCH3 is 2. The summed E-state index contributed by atoms with van der Waals surface area (Å²) >= 11 is 0. The third kappa shape index (κ3) is 3.20. The fraction of sp³-hybridized carbons (Fsp3) is 0.348. The Morgan fingerprint density at radius 3 is 2.60 bits per heavy atom. The monoisotopic (exact) mass is 411 g/mol. The van der Waals surface area contributed by atoms with E-state index in [-0.39, 0.29) is 40.7 Å². The maximum atomic E-state index is 13.0. The first-order valence-electron chi connectivity index (χ1n) is 9.82. The molecule has 2 N–H and O–H groups in total. The van der Waals surface area contributed by atoms with Crippen molar-refractivity contribution >= 4 is 11.0 Å². The van der Waals surface area contributed by atoms with Gasteiger partial charge in [-0.25, -0.2) is 0 Å². The Morgan fingerprint density at radius 2 is 1.90 bits per heavy atom. The molecule has 0 radical (unpaired) electrons. The summed E-state index contributed by atoms with van der Waals surface area (Å²) in [6.45, 7) is 0.751. The van der Waals surface area contributed by atoms with Gasteiger partial charge in [0.05, 0.1) is 26.4 Å². The Morgan fingerprint density at radius 1 is 1.17 bits per heavy atom. The summed E-state index contributed by atoms with van der Waals surface area (Å²) in [7, 11) is 5.02. The highest BCUT2D eigenvalue weighted by Gasteiger charge is 2.37. The molecule has 1 aliphatic rings. The van der Waals surface area contributed by atoms with Crippen molar-refractivity contribution < 1.29 is 24.1 Å². The van der Waals surface area contributed by atoms with Gasteiger partial charge in [0.2, 0.25) is 0 Å². The lowest BCUT2D eigenvalue weighted by Gasteiger charge is -2.25. The molecule has 0 saturated carbocycles. The van der Waals surface area contributed by atoms with E-state index in [0.717, 1.165) is 13.0 Å². The topological polar surface area (TPSA) is 92.4 Å². The lowest BCUT2D eigenvalue weighted by Crippen LogP contribution is -2.32. The molecule has 1 aliphatic heterocycles. The van der Waals surface area contributed by atoms with Crippen molar-refractivity contribution in [3.05, 3.63) is 52.2 Å². The number of rotatable bonds is 5. The molecular weight excluding hydrogens is 386 g/mol. The Hall–Kier alpha value is -3.03. The number of aliphatic hydroxyl groups excluding tert-OH is 1. The lowest BCUT2D eigenvalue weighted by molar-refractivity contribution is 0.171. The Labute approximate surface area is 174 Å². The molecule has 1 fully saturated rings. The van der Waals surface area contributed by atoms with Crippen molar-refractivity contribution in [2.75, 3.05) is 34.4 Å². The van der Waals surface area contributed by atoms with Crippen molar-refractivity contribution in [2.45, 2.75) is 18.4 Å². The Bertz CT molecular complexity index is 1140. The van der Waals surface area contributed by atoms with Crippen LogP contribution in [0.1, 0.15) is 17.9 Å². The molecule has 3 aromatic rings. The largest absolute Gasteiger partial charge is 0.507 e. The molecule has 1 aromatic heterocycles.